The highest BCUT2D eigenvalue weighted by Gasteiger charge is 2.31. The predicted octanol–water partition coefficient (Wildman–Crippen LogP) is 7.68. The first-order valence-corrected chi connectivity index (χ1v) is 14.1. The molecule has 1 aliphatic carbocycles. The van der Waals surface area contributed by atoms with Crippen LogP contribution in [0.4, 0.5) is 24.9 Å². The lowest BCUT2D eigenvalue weighted by Crippen LogP contribution is -2.37. The molecule has 1 saturated carbocycles. The van der Waals surface area contributed by atoms with Gasteiger partial charge in [0.15, 0.2) is 11.5 Å². The normalized spacial score (nSPS) is 17.2. The number of aromatic nitrogens is 2. The van der Waals surface area contributed by atoms with Gasteiger partial charge in [-0.15, -0.1) is 0 Å². The van der Waals surface area contributed by atoms with E-state index in [9.17, 15) is 13.2 Å². The van der Waals surface area contributed by atoms with Crippen molar-refractivity contribution in [1.82, 2.24) is 15.3 Å². The number of halogens is 4. The quantitative estimate of drug-likeness (QED) is 0.204. The number of alkyl halides is 3. The van der Waals surface area contributed by atoms with Crippen molar-refractivity contribution in [3.8, 4) is 17.2 Å². The number of nitrogens with zero attached hydrogens (tertiary/aromatic N) is 3. The van der Waals surface area contributed by atoms with E-state index in [4.69, 9.17) is 31.0 Å². The lowest BCUT2D eigenvalue weighted by Gasteiger charge is -2.30. The number of para-hydroxylation sites is 2. The number of benzene rings is 3. The minimum absolute atomic E-state index is 0.121. The zero-order valence-electron chi connectivity index (χ0n) is 23.6. The molecule has 0 aliphatic heterocycles. The van der Waals surface area contributed by atoms with Crippen molar-refractivity contribution in [2.75, 3.05) is 31.4 Å². The minimum Gasteiger partial charge on any atom is -0.493 e. The summed E-state index contributed by atoms with van der Waals surface area (Å²) in [5.41, 5.74) is 0.881. The molecule has 1 aliphatic rings. The standard InChI is InChI=1S/C31H33ClF3N5O2/c1-40(2)29-23-8-4-5-9-25(23)38-30(39-29)37-22-14-12-21(13-15-22)36-18-19-7-6-10-27(41-3)28(19)42-26-16-11-20(17-24(26)32)31(33,34)35/h4-11,16-17,21-22,36H,12-15,18H2,1-3H3,(H,37,38,39)/t21-,22+. The van der Waals surface area contributed by atoms with E-state index in [1.54, 1.807) is 6.07 Å². The van der Waals surface area contributed by atoms with Gasteiger partial charge in [0.1, 0.15) is 11.6 Å². The molecule has 0 radical (unpaired) electrons. The van der Waals surface area contributed by atoms with Crippen LogP contribution in [0.1, 0.15) is 36.8 Å². The van der Waals surface area contributed by atoms with Crippen LogP contribution < -0.4 is 25.0 Å². The lowest BCUT2D eigenvalue weighted by molar-refractivity contribution is -0.137. The highest BCUT2D eigenvalue weighted by molar-refractivity contribution is 6.32. The second-order valence-electron chi connectivity index (χ2n) is 10.5. The molecule has 0 saturated heterocycles. The average molecular weight is 600 g/mol. The number of nitrogens with one attached hydrogen (secondary N) is 2. The smallest absolute Gasteiger partial charge is 0.416 e. The van der Waals surface area contributed by atoms with Crippen LogP contribution in [0.2, 0.25) is 5.02 Å². The van der Waals surface area contributed by atoms with Crippen LogP contribution in [0.25, 0.3) is 10.9 Å². The van der Waals surface area contributed by atoms with Gasteiger partial charge in [0.2, 0.25) is 5.95 Å². The number of fused-ring (bicyclic) bond motifs is 1. The molecule has 0 amide bonds. The summed E-state index contributed by atoms with van der Waals surface area (Å²) in [6.45, 7) is 0.494. The molecule has 42 heavy (non-hydrogen) atoms. The van der Waals surface area contributed by atoms with Gasteiger partial charge in [0, 0.05) is 43.7 Å². The summed E-state index contributed by atoms with van der Waals surface area (Å²) >= 11 is 6.16. The second kappa shape index (κ2) is 12.6. The molecule has 5 rings (SSSR count). The van der Waals surface area contributed by atoms with Crippen LogP contribution in [-0.2, 0) is 12.7 Å². The highest BCUT2D eigenvalue weighted by atomic mass is 35.5. The molecule has 2 N–H and O–H groups in total. The van der Waals surface area contributed by atoms with Gasteiger partial charge in [0.25, 0.3) is 0 Å². The van der Waals surface area contributed by atoms with Gasteiger partial charge in [-0.3, -0.25) is 0 Å². The van der Waals surface area contributed by atoms with Crippen molar-refractivity contribution in [3.63, 3.8) is 0 Å². The third kappa shape index (κ3) is 6.82. The zero-order valence-corrected chi connectivity index (χ0v) is 24.4. The average Bonchev–Trinajstić information content (AvgIpc) is 2.97. The number of ether oxygens (including phenoxy) is 2. The molecule has 0 atom stereocenters. The summed E-state index contributed by atoms with van der Waals surface area (Å²) in [6.07, 6.45) is -0.678. The molecule has 0 bridgehead atoms. The van der Waals surface area contributed by atoms with E-state index in [1.807, 2.05) is 55.4 Å². The maximum Gasteiger partial charge on any atom is 0.416 e. The largest absolute Gasteiger partial charge is 0.493 e. The fourth-order valence-electron chi connectivity index (χ4n) is 5.19. The van der Waals surface area contributed by atoms with Crippen molar-refractivity contribution in [2.45, 2.75) is 50.5 Å². The van der Waals surface area contributed by atoms with Crippen molar-refractivity contribution in [1.29, 1.82) is 0 Å². The number of rotatable bonds is 9. The number of anilines is 2. The number of hydrogen-bond acceptors (Lipinski definition) is 7. The first-order valence-electron chi connectivity index (χ1n) is 13.8. The van der Waals surface area contributed by atoms with E-state index < -0.39 is 11.7 Å². The molecule has 11 heteroatoms. The van der Waals surface area contributed by atoms with Gasteiger partial charge in [-0.1, -0.05) is 35.9 Å². The van der Waals surface area contributed by atoms with Gasteiger partial charge in [-0.05, 0) is 62.1 Å². The van der Waals surface area contributed by atoms with Gasteiger partial charge in [-0.25, -0.2) is 4.98 Å². The molecular formula is C31H33ClF3N5O2. The highest BCUT2D eigenvalue weighted by Crippen LogP contribution is 2.40. The molecule has 3 aromatic carbocycles. The van der Waals surface area contributed by atoms with E-state index in [2.05, 4.69) is 10.6 Å². The summed E-state index contributed by atoms with van der Waals surface area (Å²) < 4.78 is 50.8. The third-order valence-corrected chi connectivity index (χ3v) is 7.70. The predicted molar refractivity (Wildman–Crippen MR) is 160 cm³/mol. The summed E-state index contributed by atoms with van der Waals surface area (Å²) in [6, 6.07) is 17.1. The number of methoxy groups -OCH3 is 1. The van der Waals surface area contributed by atoms with Crippen LogP contribution in [-0.4, -0.2) is 43.3 Å². The summed E-state index contributed by atoms with van der Waals surface area (Å²) in [7, 11) is 5.47. The topological polar surface area (TPSA) is 71.5 Å². The monoisotopic (exact) mass is 599 g/mol. The summed E-state index contributed by atoms with van der Waals surface area (Å²) in [4.78, 5) is 11.5. The fraction of sp³-hybridized carbons (Fsp3) is 0.355. The van der Waals surface area contributed by atoms with Crippen LogP contribution in [0.3, 0.4) is 0 Å². The van der Waals surface area contributed by atoms with E-state index >= 15 is 0 Å². The minimum atomic E-state index is -4.49. The van der Waals surface area contributed by atoms with Crippen molar-refractivity contribution in [2.24, 2.45) is 0 Å². The summed E-state index contributed by atoms with van der Waals surface area (Å²) in [5.74, 6) is 2.51. The van der Waals surface area contributed by atoms with Crippen LogP contribution in [0, 0.1) is 0 Å². The molecule has 0 spiro atoms. The van der Waals surface area contributed by atoms with Gasteiger partial charge >= 0.3 is 6.18 Å². The van der Waals surface area contributed by atoms with E-state index in [-0.39, 0.29) is 22.9 Å². The fourth-order valence-corrected chi connectivity index (χ4v) is 5.41. The SMILES string of the molecule is COc1cccc(CN[C@H]2CC[C@@H](Nc3nc(N(C)C)c4ccccc4n3)CC2)c1Oc1ccc(C(F)(F)F)cc1Cl. The molecule has 1 heterocycles. The molecule has 0 unspecified atom stereocenters. The first kappa shape index (κ1) is 29.7. The summed E-state index contributed by atoms with van der Waals surface area (Å²) in [5, 5.41) is 8.03. The van der Waals surface area contributed by atoms with Crippen molar-refractivity contribution in [3.05, 3.63) is 76.8 Å². The second-order valence-corrected chi connectivity index (χ2v) is 11.0. The Hall–Kier alpha value is -3.76. The van der Waals surface area contributed by atoms with Crippen LogP contribution >= 0.6 is 11.6 Å². The Balaban J connectivity index is 1.22. The molecule has 1 aromatic heterocycles. The van der Waals surface area contributed by atoms with Crippen molar-refractivity contribution >= 4 is 34.3 Å². The van der Waals surface area contributed by atoms with E-state index in [1.165, 1.54) is 13.2 Å². The molecule has 222 valence electrons. The Morgan fingerprint density at radius 2 is 1.67 bits per heavy atom. The Labute approximate surface area is 248 Å². The van der Waals surface area contributed by atoms with Crippen LogP contribution in [0.15, 0.2) is 60.7 Å². The molecule has 1 fully saturated rings. The maximum absolute atomic E-state index is 13.1. The van der Waals surface area contributed by atoms with Gasteiger partial charge < -0.3 is 25.0 Å². The molecule has 7 nitrogen and oxygen atoms in total. The maximum atomic E-state index is 13.1. The zero-order chi connectivity index (χ0) is 29.9. The van der Waals surface area contributed by atoms with E-state index in [0.717, 1.165) is 60.1 Å². The molecular weight excluding hydrogens is 567 g/mol. The van der Waals surface area contributed by atoms with Gasteiger partial charge in [0.05, 0.1) is 23.2 Å². The molecule has 4 aromatic rings. The lowest BCUT2D eigenvalue weighted by atomic mass is 9.91. The Morgan fingerprint density at radius 1 is 0.929 bits per heavy atom. The van der Waals surface area contributed by atoms with E-state index in [0.29, 0.717) is 24.0 Å². The Bertz CT molecular complexity index is 1540. The Kier molecular flexibility index (Phi) is 8.93. The Morgan fingerprint density at radius 3 is 2.36 bits per heavy atom. The van der Waals surface area contributed by atoms with Gasteiger partial charge in [-0.2, -0.15) is 18.2 Å². The van der Waals surface area contributed by atoms with Crippen molar-refractivity contribution < 1.29 is 22.6 Å². The first-order chi connectivity index (χ1) is 20.1. The number of hydrogen-bond donors (Lipinski definition) is 2. The van der Waals surface area contributed by atoms with Crippen LogP contribution in [0.5, 0.6) is 17.2 Å². The third-order valence-electron chi connectivity index (χ3n) is 7.40.